The van der Waals surface area contributed by atoms with Crippen molar-refractivity contribution in [1.29, 1.82) is 0 Å². The maximum Gasteiger partial charge on any atom is 0.254 e. The third kappa shape index (κ3) is 2.54. The molecule has 3 amide bonds. The lowest BCUT2D eigenvalue weighted by Gasteiger charge is -2.25. The van der Waals surface area contributed by atoms with Gasteiger partial charge in [0.05, 0.1) is 0 Å². The van der Waals surface area contributed by atoms with E-state index in [1.807, 2.05) is 0 Å². The predicted molar refractivity (Wildman–Crippen MR) is 63.4 cm³/mol. The molecule has 2 rings (SSSR count). The average Bonchev–Trinajstić information content (AvgIpc) is 2.37. The molecule has 0 spiro atoms. The molecule has 18 heavy (non-hydrogen) atoms. The molecule has 0 aromatic heterocycles. The number of carbonyl (C=O) groups is 3. The van der Waals surface area contributed by atoms with Crippen molar-refractivity contribution >= 4 is 17.7 Å². The van der Waals surface area contributed by atoms with Crippen molar-refractivity contribution in [3.05, 3.63) is 35.4 Å². The van der Waals surface area contributed by atoms with E-state index in [4.69, 9.17) is 5.73 Å². The zero-order valence-corrected chi connectivity index (χ0v) is 9.68. The molecule has 1 aliphatic heterocycles. The second-order valence-corrected chi connectivity index (χ2v) is 4.03. The van der Waals surface area contributed by atoms with Crippen LogP contribution in [0.15, 0.2) is 24.3 Å². The zero-order chi connectivity index (χ0) is 13.1. The highest BCUT2D eigenvalue weighted by Gasteiger charge is 2.26. The Labute approximate surface area is 104 Å². The number of nitrogens with one attached hydrogen (secondary N) is 1. The summed E-state index contributed by atoms with van der Waals surface area (Å²) in [5, 5.41) is 2.15. The summed E-state index contributed by atoms with van der Waals surface area (Å²) >= 11 is 0. The number of nitrogens with zero attached hydrogens (tertiary/aromatic N) is 1. The Bertz CT molecular complexity index is 480. The third-order valence-corrected chi connectivity index (χ3v) is 2.67. The van der Waals surface area contributed by atoms with Gasteiger partial charge in [-0.05, 0) is 17.7 Å². The molecule has 1 heterocycles. The first-order valence-electron chi connectivity index (χ1n) is 5.51. The van der Waals surface area contributed by atoms with Crippen molar-refractivity contribution in [3.63, 3.8) is 0 Å². The fraction of sp³-hybridized carbons (Fsp3) is 0.250. The Balaban J connectivity index is 2.14. The lowest BCUT2D eigenvalue weighted by Crippen LogP contribution is -2.53. The molecular formula is C12H13N3O3. The molecule has 0 unspecified atom stereocenters. The lowest BCUT2D eigenvalue weighted by atomic mass is 10.1. The molecule has 1 aromatic rings. The van der Waals surface area contributed by atoms with Crippen LogP contribution in [0.1, 0.15) is 15.9 Å². The quantitative estimate of drug-likeness (QED) is 0.672. The summed E-state index contributed by atoms with van der Waals surface area (Å²) in [6.45, 7) is 0.214. The molecule has 1 aliphatic rings. The number of imide groups is 1. The Hall–Kier alpha value is -2.21. The number of carbonyl (C=O) groups excluding carboxylic acids is 3. The van der Waals surface area contributed by atoms with E-state index in [0.717, 1.165) is 5.56 Å². The summed E-state index contributed by atoms with van der Waals surface area (Å²) < 4.78 is 0. The van der Waals surface area contributed by atoms with Crippen LogP contribution < -0.4 is 11.1 Å². The van der Waals surface area contributed by atoms with Crippen molar-refractivity contribution in [1.82, 2.24) is 10.2 Å². The molecule has 94 valence electrons. The van der Waals surface area contributed by atoms with Crippen LogP contribution >= 0.6 is 0 Å². The van der Waals surface area contributed by atoms with Gasteiger partial charge in [-0.2, -0.15) is 0 Å². The van der Waals surface area contributed by atoms with Gasteiger partial charge < -0.3 is 10.6 Å². The average molecular weight is 247 g/mol. The Morgan fingerprint density at radius 2 is 1.72 bits per heavy atom. The highest BCUT2D eigenvalue weighted by atomic mass is 16.2. The van der Waals surface area contributed by atoms with Crippen LogP contribution in [0.2, 0.25) is 0 Å². The van der Waals surface area contributed by atoms with Gasteiger partial charge in [-0.25, -0.2) is 0 Å². The summed E-state index contributed by atoms with van der Waals surface area (Å²) in [6.07, 6.45) is 0. The zero-order valence-electron chi connectivity index (χ0n) is 9.68. The first-order chi connectivity index (χ1) is 8.60. The first-order valence-corrected chi connectivity index (χ1v) is 5.51. The van der Waals surface area contributed by atoms with Gasteiger partial charge in [0.1, 0.15) is 13.1 Å². The molecule has 0 saturated carbocycles. The number of benzene rings is 1. The molecule has 3 N–H and O–H groups in total. The van der Waals surface area contributed by atoms with Gasteiger partial charge in [-0.15, -0.1) is 0 Å². The number of hydrogen-bond acceptors (Lipinski definition) is 4. The van der Waals surface area contributed by atoms with E-state index in [0.29, 0.717) is 12.1 Å². The Kier molecular flexibility index (Phi) is 3.38. The van der Waals surface area contributed by atoms with E-state index in [1.165, 1.54) is 4.90 Å². The minimum atomic E-state index is -0.460. The molecule has 0 aliphatic carbocycles. The molecule has 1 aromatic carbocycles. The van der Waals surface area contributed by atoms with E-state index in [2.05, 4.69) is 5.32 Å². The molecule has 6 nitrogen and oxygen atoms in total. The number of rotatable bonds is 2. The number of piperazine rings is 1. The summed E-state index contributed by atoms with van der Waals surface area (Å²) in [4.78, 5) is 35.6. The van der Waals surface area contributed by atoms with Gasteiger partial charge >= 0.3 is 0 Å². The summed E-state index contributed by atoms with van der Waals surface area (Å²) in [6, 6.07) is 6.78. The third-order valence-electron chi connectivity index (χ3n) is 2.67. The van der Waals surface area contributed by atoms with Gasteiger partial charge in [0.15, 0.2) is 0 Å². The largest absolute Gasteiger partial charge is 0.326 e. The minimum Gasteiger partial charge on any atom is -0.326 e. The van der Waals surface area contributed by atoms with Gasteiger partial charge in [-0.1, -0.05) is 12.1 Å². The topological polar surface area (TPSA) is 92.5 Å². The molecule has 1 fully saturated rings. The second-order valence-electron chi connectivity index (χ2n) is 4.03. The molecule has 0 atom stereocenters. The second kappa shape index (κ2) is 4.97. The van der Waals surface area contributed by atoms with Crippen molar-refractivity contribution < 1.29 is 14.4 Å². The van der Waals surface area contributed by atoms with Crippen LogP contribution in [0, 0.1) is 0 Å². The van der Waals surface area contributed by atoms with Crippen LogP contribution in [0.5, 0.6) is 0 Å². The summed E-state index contributed by atoms with van der Waals surface area (Å²) in [5.41, 5.74) is 6.82. The minimum absolute atomic E-state index is 0.0940. The van der Waals surface area contributed by atoms with Gasteiger partial charge in [0.25, 0.3) is 5.91 Å². The molecular weight excluding hydrogens is 234 g/mol. The van der Waals surface area contributed by atoms with Crippen molar-refractivity contribution in [3.8, 4) is 0 Å². The monoisotopic (exact) mass is 247 g/mol. The van der Waals surface area contributed by atoms with E-state index < -0.39 is 11.8 Å². The molecule has 1 saturated heterocycles. The molecule has 6 heteroatoms. The predicted octanol–water partition coefficient (Wildman–Crippen LogP) is -0.756. The number of nitrogens with two attached hydrogens (primary N) is 1. The summed E-state index contributed by atoms with van der Waals surface area (Å²) in [5.74, 6) is -1.25. The van der Waals surface area contributed by atoms with E-state index in [9.17, 15) is 14.4 Å². The van der Waals surface area contributed by atoms with Crippen LogP contribution in [0.3, 0.4) is 0 Å². The van der Waals surface area contributed by atoms with Crippen molar-refractivity contribution in [2.24, 2.45) is 5.73 Å². The Morgan fingerprint density at radius 1 is 1.17 bits per heavy atom. The van der Waals surface area contributed by atoms with E-state index >= 15 is 0 Å². The van der Waals surface area contributed by atoms with Gasteiger partial charge in [0.2, 0.25) is 11.8 Å². The fourth-order valence-electron chi connectivity index (χ4n) is 1.75. The smallest absolute Gasteiger partial charge is 0.254 e. The maximum atomic E-state index is 12.1. The number of amides is 3. The molecule has 0 radical (unpaired) electrons. The van der Waals surface area contributed by atoms with Crippen LogP contribution in [-0.4, -0.2) is 35.7 Å². The molecule has 0 bridgehead atoms. The van der Waals surface area contributed by atoms with Crippen LogP contribution in [-0.2, 0) is 16.1 Å². The fourth-order valence-corrected chi connectivity index (χ4v) is 1.75. The Morgan fingerprint density at radius 3 is 2.22 bits per heavy atom. The first kappa shape index (κ1) is 12.3. The lowest BCUT2D eigenvalue weighted by molar-refractivity contribution is -0.135. The normalized spacial score (nSPS) is 15.5. The van der Waals surface area contributed by atoms with Crippen molar-refractivity contribution in [2.75, 3.05) is 13.1 Å². The summed E-state index contributed by atoms with van der Waals surface area (Å²) in [7, 11) is 0. The van der Waals surface area contributed by atoms with E-state index in [1.54, 1.807) is 24.3 Å². The highest BCUT2D eigenvalue weighted by molar-refractivity contribution is 6.05. The van der Waals surface area contributed by atoms with Crippen LogP contribution in [0.4, 0.5) is 0 Å². The van der Waals surface area contributed by atoms with Gasteiger partial charge in [0, 0.05) is 12.1 Å². The van der Waals surface area contributed by atoms with Gasteiger partial charge in [-0.3, -0.25) is 19.7 Å². The SMILES string of the molecule is NCc1ccc(C(=O)N2CC(=O)NC(=O)C2)cc1. The van der Waals surface area contributed by atoms with E-state index in [-0.39, 0.29) is 19.0 Å². The number of hydrogen-bond donors (Lipinski definition) is 2. The maximum absolute atomic E-state index is 12.1. The van der Waals surface area contributed by atoms with Crippen molar-refractivity contribution in [2.45, 2.75) is 6.54 Å². The highest BCUT2D eigenvalue weighted by Crippen LogP contribution is 2.08. The van der Waals surface area contributed by atoms with Crippen LogP contribution in [0.25, 0.3) is 0 Å². The standard InChI is InChI=1S/C12H13N3O3/c13-5-8-1-3-9(4-2-8)12(18)15-6-10(16)14-11(17)7-15/h1-4H,5-7,13H2,(H,14,16,17).